The van der Waals surface area contributed by atoms with Gasteiger partial charge >= 0.3 is 14.0 Å². The van der Waals surface area contributed by atoms with Gasteiger partial charge in [-0.05, 0) is 12.5 Å². The monoisotopic (exact) mass is 202 g/mol. The lowest BCUT2D eigenvalue weighted by molar-refractivity contribution is -0.136. The molecule has 0 N–H and O–H groups in total. The average molecular weight is 202 g/mol. The van der Waals surface area contributed by atoms with Crippen molar-refractivity contribution < 1.29 is 14.2 Å². The maximum atomic E-state index is 11.5. The van der Waals surface area contributed by atoms with Gasteiger partial charge < -0.3 is 9.39 Å². The number of hydrogen-bond acceptors (Lipinski definition) is 3. The fourth-order valence-corrected chi connectivity index (χ4v) is 1.13. The molecular weight excluding hydrogens is 191 g/mol. The molecule has 1 rings (SSSR count). The van der Waals surface area contributed by atoms with E-state index in [4.69, 9.17) is 12.8 Å². The van der Waals surface area contributed by atoms with Crippen molar-refractivity contribution in [3.05, 3.63) is 42.2 Å². The highest BCUT2D eigenvalue weighted by Crippen LogP contribution is 2.15. The minimum Gasteiger partial charge on any atom is -0.572 e. The van der Waals surface area contributed by atoms with Crippen LogP contribution in [-0.2, 0) is 14.2 Å². The molecule has 0 aliphatic heterocycles. The van der Waals surface area contributed by atoms with Crippen molar-refractivity contribution in [1.82, 2.24) is 0 Å². The van der Waals surface area contributed by atoms with E-state index in [1.165, 1.54) is 6.26 Å². The van der Waals surface area contributed by atoms with Gasteiger partial charge in [0.05, 0.1) is 18.4 Å². The Morgan fingerprint density at radius 3 is 2.60 bits per heavy atom. The molecule has 0 aliphatic rings. The van der Waals surface area contributed by atoms with Gasteiger partial charge in [-0.2, -0.15) is 0 Å². The van der Waals surface area contributed by atoms with Crippen LogP contribution in [0.2, 0.25) is 0 Å². The van der Waals surface area contributed by atoms with Gasteiger partial charge in [-0.15, -0.1) is 0 Å². The molecule has 0 spiro atoms. The van der Waals surface area contributed by atoms with Crippen molar-refractivity contribution in [3.8, 4) is 0 Å². The van der Waals surface area contributed by atoms with Gasteiger partial charge in [0, 0.05) is 0 Å². The van der Waals surface area contributed by atoms with Gasteiger partial charge in [0.2, 0.25) is 0 Å². The molecule has 2 radical (unpaired) electrons. The van der Waals surface area contributed by atoms with Gasteiger partial charge in [0.15, 0.2) is 0 Å². The van der Waals surface area contributed by atoms with E-state index in [0.29, 0.717) is 17.7 Å². The van der Waals surface area contributed by atoms with E-state index >= 15 is 0 Å². The predicted molar refractivity (Wildman–Crippen MR) is 57.9 cm³/mol. The fourth-order valence-electron chi connectivity index (χ4n) is 1.13. The van der Waals surface area contributed by atoms with Crippen molar-refractivity contribution in [1.29, 1.82) is 0 Å². The van der Waals surface area contributed by atoms with Crippen molar-refractivity contribution >= 4 is 19.6 Å². The number of carbonyl (C=O) groups excluding carboxylic acids is 1. The predicted octanol–water partition coefficient (Wildman–Crippen LogP) is 1.69. The maximum Gasteiger partial charge on any atom is 0.373 e. The summed E-state index contributed by atoms with van der Waals surface area (Å²) in [6.45, 7) is 2.05. The molecule has 3 nitrogen and oxygen atoms in total. The zero-order valence-corrected chi connectivity index (χ0v) is 8.47. The average Bonchev–Trinajstić information content (AvgIpc) is 2.27. The Morgan fingerprint density at radius 1 is 1.40 bits per heavy atom. The molecule has 0 unspecified atom stereocenters. The molecule has 0 bridgehead atoms. The van der Waals surface area contributed by atoms with Crippen LogP contribution in [0.15, 0.2) is 36.6 Å². The summed E-state index contributed by atoms with van der Waals surface area (Å²) in [5.74, 6) is -0.450. The molecule has 0 fully saturated rings. The first kappa shape index (κ1) is 11.4. The van der Waals surface area contributed by atoms with Crippen molar-refractivity contribution in [2.45, 2.75) is 6.92 Å². The summed E-state index contributed by atoms with van der Waals surface area (Å²) in [4.78, 5) is 11.5. The van der Waals surface area contributed by atoms with Crippen molar-refractivity contribution in [3.63, 3.8) is 0 Å². The molecule has 0 saturated carbocycles. The molecule has 0 aromatic heterocycles. The third-order valence-corrected chi connectivity index (χ3v) is 1.77. The van der Waals surface area contributed by atoms with Crippen molar-refractivity contribution in [2.24, 2.45) is 0 Å². The lowest BCUT2D eigenvalue weighted by Crippen LogP contribution is -2.07. The normalized spacial score (nSPS) is 10.9. The van der Waals surface area contributed by atoms with Crippen LogP contribution in [0.4, 0.5) is 0 Å². The molecule has 0 atom stereocenters. The summed E-state index contributed by atoms with van der Waals surface area (Å²) in [7, 11) is 4.92. The first-order valence-electron chi connectivity index (χ1n) is 4.57. The summed E-state index contributed by atoms with van der Waals surface area (Å²) in [6.07, 6.45) is 1.17. The van der Waals surface area contributed by atoms with E-state index in [2.05, 4.69) is 4.65 Å². The van der Waals surface area contributed by atoms with E-state index in [1.54, 1.807) is 19.1 Å². The van der Waals surface area contributed by atoms with Crippen LogP contribution >= 0.6 is 0 Å². The summed E-state index contributed by atoms with van der Waals surface area (Å²) >= 11 is 0. The second-order valence-corrected chi connectivity index (χ2v) is 2.75. The second-order valence-electron chi connectivity index (χ2n) is 2.75. The fraction of sp³-hybridized carbons (Fsp3) is 0.182. The van der Waals surface area contributed by atoms with E-state index in [9.17, 15) is 4.79 Å². The molecule has 76 valence electrons. The Kier molecular flexibility index (Phi) is 4.48. The van der Waals surface area contributed by atoms with Crippen LogP contribution in [0.3, 0.4) is 0 Å². The van der Waals surface area contributed by atoms with Crippen LogP contribution in [0.1, 0.15) is 12.5 Å². The van der Waals surface area contributed by atoms with Gasteiger partial charge in [0.25, 0.3) is 0 Å². The largest absolute Gasteiger partial charge is 0.572 e. The smallest absolute Gasteiger partial charge is 0.373 e. The molecule has 1 aromatic rings. The third kappa shape index (κ3) is 3.16. The van der Waals surface area contributed by atoms with Crippen LogP contribution in [0.25, 0.3) is 5.57 Å². The molecular formula is C11H11BO3. The zero-order valence-electron chi connectivity index (χ0n) is 8.47. The first-order valence-corrected chi connectivity index (χ1v) is 4.57. The highest BCUT2D eigenvalue weighted by molar-refractivity contribution is 6.16. The van der Waals surface area contributed by atoms with Gasteiger partial charge in [0.1, 0.15) is 0 Å². The van der Waals surface area contributed by atoms with E-state index in [0.717, 1.165) is 0 Å². The summed E-state index contributed by atoms with van der Waals surface area (Å²) < 4.78 is 9.23. The lowest BCUT2D eigenvalue weighted by atomic mass is 10.1. The van der Waals surface area contributed by atoms with Crippen LogP contribution in [0, 0.1) is 0 Å². The minimum atomic E-state index is -0.450. The minimum absolute atomic E-state index is 0.306. The number of hydrogen-bond donors (Lipinski definition) is 0. The molecule has 0 aliphatic carbocycles. The highest BCUT2D eigenvalue weighted by atomic mass is 16.5. The molecule has 0 amide bonds. The zero-order chi connectivity index (χ0) is 11.1. The van der Waals surface area contributed by atoms with E-state index in [1.807, 2.05) is 18.2 Å². The van der Waals surface area contributed by atoms with Gasteiger partial charge in [-0.25, -0.2) is 4.79 Å². The van der Waals surface area contributed by atoms with E-state index < -0.39 is 5.97 Å². The number of rotatable bonds is 4. The molecule has 0 saturated heterocycles. The topological polar surface area (TPSA) is 35.5 Å². The van der Waals surface area contributed by atoms with Crippen LogP contribution in [-0.4, -0.2) is 20.6 Å². The Morgan fingerprint density at radius 2 is 2.07 bits per heavy atom. The molecule has 0 heterocycles. The first-order chi connectivity index (χ1) is 7.29. The lowest BCUT2D eigenvalue weighted by Gasteiger charge is -2.06. The third-order valence-electron chi connectivity index (χ3n) is 1.77. The van der Waals surface area contributed by atoms with E-state index in [-0.39, 0.29) is 0 Å². The molecule has 4 heteroatoms. The van der Waals surface area contributed by atoms with Crippen molar-refractivity contribution in [2.75, 3.05) is 6.61 Å². The second kappa shape index (κ2) is 5.91. The summed E-state index contributed by atoms with van der Waals surface area (Å²) in [5, 5.41) is 0. The molecule has 1 aromatic carbocycles. The highest BCUT2D eigenvalue weighted by Gasteiger charge is 2.12. The Balaban J connectivity index is 2.94. The number of carbonyl (C=O) groups is 1. The van der Waals surface area contributed by atoms with Gasteiger partial charge in [-0.1, -0.05) is 30.3 Å². The number of ether oxygens (including phenoxy) is 1. The van der Waals surface area contributed by atoms with Crippen LogP contribution in [0.5, 0.6) is 0 Å². The number of esters is 1. The van der Waals surface area contributed by atoms with Gasteiger partial charge in [-0.3, -0.25) is 0 Å². The maximum absolute atomic E-state index is 11.5. The molecule has 15 heavy (non-hydrogen) atoms. The quantitative estimate of drug-likeness (QED) is 0.322. The summed E-state index contributed by atoms with van der Waals surface area (Å²) in [6, 6.07) is 9.05. The Bertz CT molecular complexity index is 346. The summed E-state index contributed by atoms with van der Waals surface area (Å²) in [5.41, 5.74) is 1.02. The SMILES string of the molecule is [B]O/C=C(/C(=O)OCC)c1ccccc1. The number of benzene rings is 1. The Labute approximate surface area is 90.1 Å². The standard InChI is InChI=1S/C11H11BO3/c1-2-14-11(13)10(8-15-12)9-6-4-3-5-7-9/h3-8H,2H2,1H3/b10-8+. The van der Waals surface area contributed by atoms with Crippen LogP contribution < -0.4 is 0 Å². The Hall–Kier alpha value is -1.71.